The molecule has 0 aliphatic carbocycles. The van der Waals surface area contributed by atoms with Crippen LogP contribution in [0.1, 0.15) is 59.3 Å². The minimum atomic E-state index is -0.151. The third kappa shape index (κ3) is 5.87. The van der Waals surface area contributed by atoms with Gasteiger partial charge in [-0.3, -0.25) is 0 Å². The Morgan fingerprint density at radius 1 is 1.00 bits per heavy atom. The van der Waals surface area contributed by atoms with Gasteiger partial charge in [0.2, 0.25) is 0 Å². The molecule has 6 heteroatoms. The Labute approximate surface area is 152 Å². The van der Waals surface area contributed by atoms with Crippen LogP contribution < -0.4 is 0 Å². The summed E-state index contributed by atoms with van der Waals surface area (Å²) in [5.74, 6) is 0.564. The zero-order valence-corrected chi connectivity index (χ0v) is 16.2. The molecule has 0 saturated carbocycles. The molecule has 2 heterocycles. The molecule has 1 atom stereocenters. The molecule has 0 aromatic heterocycles. The molecule has 1 amide bonds. The van der Waals surface area contributed by atoms with E-state index in [0.717, 1.165) is 58.3 Å². The zero-order valence-electron chi connectivity index (χ0n) is 16.2. The molecule has 2 aliphatic rings. The summed E-state index contributed by atoms with van der Waals surface area (Å²) in [6.45, 7) is 11.0. The van der Waals surface area contributed by atoms with E-state index in [1.165, 1.54) is 12.1 Å². The number of nitrogens with zero attached hydrogens (tertiary/aromatic N) is 3. The highest BCUT2D eigenvalue weighted by Crippen LogP contribution is 2.26. The van der Waals surface area contributed by atoms with Gasteiger partial charge in [-0.25, -0.2) is 4.79 Å². The highest BCUT2D eigenvalue weighted by molar-refractivity contribution is 5.86. The lowest BCUT2D eigenvalue weighted by atomic mass is 9.89. The molecular weight excluding hydrogens is 318 g/mol. The first-order valence-corrected chi connectivity index (χ1v) is 10.0. The van der Waals surface area contributed by atoms with E-state index in [1.54, 1.807) is 0 Å². The molecule has 0 aromatic carbocycles. The molecular formula is C19H35N3O3. The third-order valence-electron chi connectivity index (χ3n) is 5.41. The van der Waals surface area contributed by atoms with Crippen molar-refractivity contribution in [3.63, 3.8) is 0 Å². The van der Waals surface area contributed by atoms with Crippen LogP contribution >= 0.6 is 0 Å². The first-order valence-electron chi connectivity index (χ1n) is 10.0. The third-order valence-corrected chi connectivity index (χ3v) is 5.41. The molecule has 6 nitrogen and oxygen atoms in total. The van der Waals surface area contributed by atoms with Crippen molar-refractivity contribution >= 4 is 11.8 Å². The molecule has 0 radical (unpaired) electrons. The normalized spacial score (nSPS) is 24.0. The summed E-state index contributed by atoms with van der Waals surface area (Å²) in [4.78, 5) is 21.7. The monoisotopic (exact) mass is 353 g/mol. The van der Waals surface area contributed by atoms with E-state index >= 15 is 0 Å². The Balaban J connectivity index is 1.81. The van der Waals surface area contributed by atoms with Crippen molar-refractivity contribution in [2.24, 2.45) is 11.1 Å². The molecule has 25 heavy (non-hydrogen) atoms. The van der Waals surface area contributed by atoms with Gasteiger partial charge in [-0.15, -0.1) is 0 Å². The average Bonchev–Trinajstić information content (AvgIpc) is 2.89. The minimum absolute atomic E-state index is 0.151. The van der Waals surface area contributed by atoms with Crippen LogP contribution in [0.2, 0.25) is 0 Å². The predicted molar refractivity (Wildman–Crippen MR) is 99.9 cm³/mol. The van der Waals surface area contributed by atoms with E-state index in [-0.39, 0.29) is 6.09 Å². The second-order valence-corrected chi connectivity index (χ2v) is 6.93. The van der Waals surface area contributed by atoms with Crippen LogP contribution in [0.4, 0.5) is 4.79 Å². The van der Waals surface area contributed by atoms with Gasteiger partial charge < -0.3 is 19.4 Å². The number of likely N-dealkylation sites (tertiary alicyclic amines) is 2. The van der Waals surface area contributed by atoms with Crippen molar-refractivity contribution in [1.82, 2.24) is 9.80 Å². The van der Waals surface area contributed by atoms with Crippen molar-refractivity contribution in [2.45, 2.75) is 65.3 Å². The highest BCUT2D eigenvalue weighted by atomic mass is 16.6. The Morgan fingerprint density at radius 2 is 1.76 bits per heavy atom. The van der Waals surface area contributed by atoms with Gasteiger partial charge in [0.05, 0.1) is 12.3 Å². The number of hydrogen-bond donors (Lipinski definition) is 0. The van der Waals surface area contributed by atoms with Gasteiger partial charge in [0, 0.05) is 25.0 Å². The van der Waals surface area contributed by atoms with Gasteiger partial charge >= 0.3 is 6.09 Å². The van der Waals surface area contributed by atoms with E-state index in [4.69, 9.17) is 9.57 Å². The molecule has 2 aliphatic heterocycles. The van der Waals surface area contributed by atoms with Crippen LogP contribution in [0.15, 0.2) is 5.16 Å². The lowest BCUT2D eigenvalue weighted by molar-refractivity contribution is 0.105. The number of amides is 1. The van der Waals surface area contributed by atoms with Gasteiger partial charge in [-0.1, -0.05) is 12.1 Å². The average molecular weight is 354 g/mol. The summed E-state index contributed by atoms with van der Waals surface area (Å²) < 4.78 is 5.15. The van der Waals surface area contributed by atoms with E-state index in [0.29, 0.717) is 25.2 Å². The van der Waals surface area contributed by atoms with Crippen molar-refractivity contribution in [3.05, 3.63) is 0 Å². The summed E-state index contributed by atoms with van der Waals surface area (Å²) >= 11 is 0. The number of carbonyl (C=O) groups excluding carboxylic acids is 1. The van der Waals surface area contributed by atoms with Gasteiger partial charge in [0.1, 0.15) is 6.61 Å². The first kappa shape index (κ1) is 20.0. The molecule has 2 saturated heterocycles. The SMILES string of the molecule is CCO/N=C(\CC)C1CCN(C2CCCN(C(=O)OCC)CC2)CC1. The second kappa shape index (κ2) is 10.6. The lowest BCUT2D eigenvalue weighted by Crippen LogP contribution is -2.43. The summed E-state index contributed by atoms with van der Waals surface area (Å²) in [5, 5.41) is 4.32. The maximum atomic E-state index is 11.9. The number of piperidine rings is 1. The largest absolute Gasteiger partial charge is 0.450 e. The topological polar surface area (TPSA) is 54.4 Å². The van der Waals surface area contributed by atoms with Crippen LogP contribution in [0.3, 0.4) is 0 Å². The van der Waals surface area contributed by atoms with Gasteiger partial charge in [-0.05, 0) is 65.5 Å². The van der Waals surface area contributed by atoms with E-state index in [1.807, 2.05) is 18.7 Å². The molecule has 2 rings (SSSR count). The van der Waals surface area contributed by atoms with Crippen molar-refractivity contribution in [3.8, 4) is 0 Å². The first-order chi connectivity index (χ1) is 12.2. The fourth-order valence-corrected chi connectivity index (χ4v) is 4.01. The van der Waals surface area contributed by atoms with Gasteiger partial charge in [0.25, 0.3) is 0 Å². The van der Waals surface area contributed by atoms with Crippen molar-refractivity contribution in [2.75, 3.05) is 39.4 Å². The minimum Gasteiger partial charge on any atom is -0.450 e. The quantitative estimate of drug-likeness (QED) is 0.542. The second-order valence-electron chi connectivity index (χ2n) is 6.93. The summed E-state index contributed by atoms with van der Waals surface area (Å²) in [7, 11) is 0. The molecule has 0 spiro atoms. The van der Waals surface area contributed by atoms with Crippen LogP contribution in [0.5, 0.6) is 0 Å². The molecule has 1 unspecified atom stereocenters. The number of ether oxygens (including phenoxy) is 1. The highest BCUT2D eigenvalue weighted by Gasteiger charge is 2.29. The number of oxime groups is 1. The number of hydrogen-bond acceptors (Lipinski definition) is 5. The van der Waals surface area contributed by atoms with Crippen LogP contribution in [-0.2, 0) is 9.57 Å². The molecule has 2 fully saturated rings. The zero-order chi connectivity index (χ0) is 18.1. The van der Waals surface area contributed by atoms with Gasteiger partial charge in [-0.2, -0.15) is 0 Å². The number of rotatable bonds is 6. The van der Waals surface area contributed by atoms with Crippen LogP contribution in [-0.4, -0.2) is 67.0 Å². The van der Waals surface area contributed by atoms with E-state index in [2.05, 4.69) is 17.0 Å². The summed E-state index contributed by atoms with van der Waals surface area (Å²) in [6.07, 6.45) is 6.44. The van der Waals surface area contributed by atoms with Crippen molar-refractivity contribution in [1.29, 1.82) is 0 Å². The lowest BCUT2D eigenvalue weighted by Gasteiger charge is -2.37. The maximum Gasteiger partial charge on any atom is 0.409 e. The van der Waals surface area contributed by atoms with Crippen molar-refractivity contribution < 1.29 is 14.4 Å². The molecule has 0 aromatic rings. The Kier molecular flexibility index (Phi) is 8.52. The predicted octanol–water partition coefficient (Wildman–Crippen LogP) is 3.51. The molecule has 0 N–H and O–H groups in total. The van der Waals surface area contributed by atoms with Crippen LogP contribution in [0, 0.1) is 5.92 Å². The summed E-state index contributed by atoms with van der Waals surface area (Å²) in [6, 6.07) is 0.592. The summed E-state index contributed by atoms with van der Waals surface area (Å²) in [5.41, 5.74) is 1.22. The van der Waals surface area contributed by atoms with E-state index < -0.39 is 0 Å². The molecule has 144 valence electrons. The number of carbonyl (C=O) groups is 1. The fourth-order valence-electron chi connectivity index (χ4n) is 4.01. The fraction of sp³-hybridized carbons (Fsp3) is 0.895. The Hall–Kier alpha value is -1.30. The molecule has 0 bridgehead atoms. The maximum absolute atomic E-state index is 11.9. The van der Waals surface area contributed by atoms with Gasteiger partial charge in [0.15, 0.2) is 0 Å². The van der Waals surface area contributed by atoms with E-state index in [9.17, 15) is 4.79 Å². The Bertz CT molecular complexity index is 434. The van der Waals surface area contributed by atoms with Crippen LogP contribution in [0.25, 0.3) is 0 Å². The Morgan fingerprint density at radius 3 is 2.40 bits per heavy atom. The smallest absolute Gasteiger partial charge is 0.409 e. The standard InChI is InChI=1S/C19H35N3O3/c1-4-18(20-25-6-3)16-9-13-21(14-10-16)17-8-7-12-22(15-11-17)19(23)24-5-2/h16-17H,4-15H2,1-3H3/b20-18+.